The Labute approximate surface area is 244 Å². The second kappa shape index (κ2) is 36.5. The van der Waals surface area contributed by atoms with Crippen molar-refractivity contribution >= 4 is 33.5 Å². The van der Waals surface area contributed by atoms with Gasteiger partial charge < -0.3 is 19.0 Å². The minimum Gasteiger partial charge on any atom is -0.525 e. The van der Waals surface area contributed by atoms with Gasteiger partial charge in [0.15, 0.2) is 6.29 Å². The van der Waals surface area contributed by atoms with E-state index in [1.54, 1.807) is 14.2 Å². The second-order valence-corrected chi connectivity index (χ2v) is 12.2. The predicted molar refractivity (Wildman–Crippen MR) is 170 cm³/mol. The molecule has 0 aromatic rings. The molecule has 0 aromatic carbocycles. The first-order valence-electron chi connectivity index (χ1n) is 15.9. The first-order chi connectivity index (χ1) is 18.7. The molecule has 0 unspecified atom stereocenters. The molecule has 0 saturated heterocycles. The fourth-order valence-electron chi connectivity index (χ4n) is 4.70. The number of hydrogen-bond acceptors (Lipinski definition) is 5. The Kier molecular flexibility index (Phi) is 38.1. The van der Waals surface area contributed by atoms with Gasteiger partial charge in [-0.05, 0) is 37.5 Å². The number of carbonyl (C=O) groups is 1. The highest BCUT2D eigenvalue weighted by molar-refractivity contribution is 7.78. The highest BCUT2D eigenvalue weighted by Gasteiger charge is 2.04. The van der Waals surface area contributed by atoms with Crippen molar-refractivity contribution in [1.82, 2.24) is 0 Å². The van der Waals surface area contributed by atoms with Gasteiger partial charge in [-0.1, -0.05) is 135 Å². The van der Waals surface area contributed by atoms with Crippen LogP contribution in [0.1, 0.15) is 161 Å². The first-order valence-corrected chi connectivity index (χ1v) is 18.0. The molecule has 0 saturated carbocycles. The van der Waals surface area contributed by atoms with Crippen LogP contribution in [0.2, 0.25) is 6.04 Å². The molecular weight excluding hydrogens is 512 g/mol. The molecule has 0 aliphatic carbocycles. The summed E-state index contributed by atoms with van der Waals surface area (Å²) >= 11 is 3.82. The summed E-state index contributed by atoms with van der Waals surface area (Å²) in [6.07, 6.45) is 30.8. The number of aliphatic hydroxyl groups excluding tert-OH is 1. The van der Waals surface area contributed by atoms with Gasteiger partial charge in [0, 0.05) is 20.6 Å². The van der Waals surface area contributed by atoms with E-state index >= 15 is 0 Å². The van der Waals surface area contributed by atoms with Gasteiger partial charge in [-0.3, -0.25) is 4.79 Å². The first kappa shape index (κ1) is 39.6. The van der Waals surface area contributed by atoms with E-state index in [0.29, 0.717) is 12.0 Å². The summed E-state index contributed by atoms with van der Waals surface area (Å²) in [5.41, 5.74) is 0.583. The normalized spacial score (nSPS) is 11.2. The molecule has 0 fully saturated rings. The van der Waals surface area contributed by atoms with E-state index in [9.17, 15) is 4.79 Å². The van der Waals surface area contributed by atoms with Crippen LogP contribution >= 0.6 is 12.2 Å². The Hall–Kier alpha value is -0.503. The summed E-state index contributed by atoms with van der Waals surface area (Å²) in [7, 11) is 2.82. The van der Waals surface area contributed by atoms with E-state index in [4.69, 9.17) is 19.0 Å². The summed E-state index contributed by atoms with van der Waals surface area (Å²) in [5.74, 6) is 0.0744. The largest absolute Gasteiger partial charge is 0.525 e. The zero-order chi connectivity index (χ0) is 28.4. The summed E-state index contributed by atoms with van der Waals surface area (Å²) < 4.78 is 16.0. The van der Waals surface area contributed by atoms with Gasteiger partial charge in [-0.2, -0.15) is 0 Å². The SMILES string of the molecule is CCCCCCCCCC[SiH2]OC(=O)CCCCCCCCCCCCCCCCC(OC)OC.OC=S. The number of unbranched alkanes of at least 4 members (excludes halogenated alkanes) is 20. The fraction of sp³-hybridized carbons (Fsp3) is 0.935. The Morgan fingerprint density at radius 1 is 0.684 bits per heavy atom. The number of rotatable bonds is 29. The van der Waals surface area contributed by atoms with Crippen LogP contribution < -0.4 is 0 Å². The maximum Gasteiger partial charge on any atom is 0.292 e. The lowest BCUT2D eigenvalue weighted by Crippen LogP contribution is -2.12. The molecule has 5 nitrogen and oxygen atoms in total. The number of methoxy groups -OCH3 is 2. The number of aliphatic hydroxyl groups is 1. The fourth-order valence-corrected chi connectivity index (χ4v) is 5.78. The number of thiocarbonyl (C=S) groups is 1. The quantitative estimate of drug-likeness (QED) is 0.0414. The Morgan fingerprint density at radius 2 is 1.05 bits per heavy atom. The molecule has 0 atom stereocenters. The maximum atomic E-state index is 11.9. The minimum atomic E-state index is -0.613. The second-order valence-electron chi connectivity index (χ2n) is 10.5. The molecular formula is C31H64O5SSi. The van der Waals surface area contributed by atoms with Crippen molar-refractivity contribution in [3.63, 3.8) is 0 Å². The van der Waals surface area contributed by atoms with Crippen molar-refractivity contribution < 1.29 is 23.8 Å². The van der Waals surface area contributed by atoms with Gasteiger partial charge in [-0.15, -0.1) is 0 Å². The Morgan fingerprint density at radius 3 is 1.47 bits per heavy atom. The van der Waals surface area contributed by atoms with Crippen LogP contribution in [0.4, 0.5) is 0 Å². The van der Waals surface area contributed by atoms with E-state index in [1.165, 1.54) is 141 Å². The van der Waals surface area contributed by atoms with Crippen LogP contribution in [0.3, 0.4) is 0 Å². The highest BCUT2D eigenvalue weighted by Crippen LogP contribution is 2.15. The van der Waals surface area contributed by atoms with Crippen molar-refractivity contribution in [3.8, 4) is 0 Å². The van der Waals surface area contributed by atoms with E-state index in [0.717, 1.165) is 12.8 Å². The molecule has 0 radical (unpaired) electrons. The zero-order valence-electron chi connectivity index (χ0n) is 25.5. The monoisotopic (exact) mass is 576 g/mol. The van der Waals surface area contributed by atoms with Crippen molar-refractivity contribution in [2.24, 2.45) is 0 Å². The van der Waals surface area contributed by atoms with Gasteiger partial charge in [0.05, 0.1) is 0 Å². The standard InChI is InChI=1S/C30H62O4Si.CH2OS/c1-4-5-6-7-8-19-22-25-28-35-34-29(31)26-23-20-17-15-13-11-9-10-12-14-16-18-21-24-27-30(32-2)33-3;2-1-3/h30H,4-28,35H2,1-3H3;1H,(H,2,3). The number of carbonyl (C=O) groups excluding carboxylic acids is 1. The zero-order valence-corrected chi connectivity index (χ0v) is 27.8. The van der Waals surface area contributed by atoms with E-state index in [2.05, 4.69) is 19.1 Å². The van der Waals surface area contributed by atoms with Crippen LogP contribution in [-0.4, -0.2) is 46.9 Å². The van der Waals surface area contributed by atoms with Gasteiger partial charge in [0.2, 0.25) is 9.76 Å². The smallest absolute Gasteiger partial charge is 0.292 e. The van der Waals surface area contributed by atoms with Gasteiger partial charge in [0.25, 0.3) is 5.97 Å². The molecule has 0 aliphatic rings. The van der Waals surface area contributed by atoms with Crippen LogP contribution in [0, 0.1) is 0 Å². The molecule has 0 aliphatic heterocycles. The summed E-state index contributed by atoms with van der Waals surface area (Å²) in [6.45, 7) is 2.27. The third-order valence-corrected chi connectivity index (χ3v) is 8.42. The van der Waals surface area contributed by atoms with Crippen molar-refractivity contribution in [2.75, 3.05) is 14.2 Å². The maximum absolute atomic E-state index is 11.9. The van der Waals surface area contributed by atoms with E-state index in [-0.39, 0.29) is 12.3 Å². The molecule has 0 spiro atoms. The van der Waals surface area contributed by atoms with Gasteiger partial charge >= 0.3 is 0 Å². The Bertz CT molecular complexity index is 464. The van der Waals surface area contributed by atoms with E-state index in [1.807, 2.05) is 0 Å². The van der Waals surface area contributed by atoms with Gasteiger partial charge in [0.1, 0.15) is 5.55 Å². The van der Waals surface area contributed by atoms with Crippen LogP contribution in [0.5, 0.6) is 0 Å². The van der Waals surface area contributed by atoms with Crippen LogP contribution in [-0.2, 0) is 18.7 Å². The Balaban J connectivity index is 0. The molecule has 0 heterocycles. The van der Waals surface area contributed by atoms with Crippen LogP contribution in [0.15, 0.2) is 0 Å². The van der Waals surface area contributed by atoms with Crippen LogP contribution in [0.25, 0.3) is 0 Å². The van der Waals surface area contributed by atoms with Crippen molar-refractivity contribution in [3.05, 3.63) is 0 Å². The molecule has 7 heteroatoms. The van der Waals surface area contributed by atoms with Crippen molar-refractivity contribution in [1.29, 1.82) is 0 Å². The third kappa shape index (κ3) is 35.5. The van der Waals surface area contributed by atoms with Gasteiger partial charge in [-0.25, -0.2) is 0 Å². The summed E-state index contributed by atoms with van der Waals surface area (Å²) in [4.78, 5) is 11.9. The highest BCUT2D eigenvalue weighted by atomic mass is 32.1. The minimum absolute atomic E-state index is 0.0211. The predicted octanol–water partition coefficient (Wildman–Crippen LogP) is 9.53. The topological polar surface area (TPSA) is 65.0 Å². The molecule has 228 valence electrons. The number of hydrogen-bond donors (Lipinski definition) is 1. The van der Waals surface area contributed by atoms with E-state index < -0.39 is 9.76 Å². The van der Waals surface area contributed by atoms with Crippen molar-refractivity contribution in [2.45, 2.75) is 173 Å². The lowest BCUT2D eigenvalue weighted by atomic mass is 10.0. The summed E-state index contributed by atoms with van der Waals surface area (Å²) in [5, 5.41) is 7.26. The molecule has 38 heavy (non-hydrogen) atoms. The number of ether oxygens (including phenoxy) is 2. The summed E-state index contributed by atoms with van der Waals surface area (Å²) in [6, 6.07) is 1.17. The molecule has 0 bridgehead atoms. The molecule has 0 rings (SSSR count). The lowest BCUT2D eigenvalue weighted by Gasteiger charge is -2.12. The third-order valence-electron chi connectivity index (χ3n) is 7.11. The lowest BCUT2D eigenvalue weighted by molar-refractivity contribution is -0.134. The average molecular weight is 577 g/mol. The molecule has 0 amide bonds. The average Bonchev–Trinajstić information content (AvgIpc) is 2.92. The molecule has 1 N–H and O–H groups in total. The molecule has 0 aromatic heterocycles.